The first-order valence-electron chi connectivity index (χ1n) is 10.1. The summed E-state index contributed by atoms with van der Waals surface area (Å²) >= 11 is 0. The number of carbonyl (C=O) groups excluding carboxylic acids is 3. The third kappa shape index (κ3) is 7.12. The number of nitrogens with one attached hydrogen (secondary N) is 3. The van der Waals surface area contributed by atoms with Gasteiger partial charge in [0.15, 0.2) is 23.3 Å². The molecule has 0 aliphatic carbocycles. The van der Waals surface area contributed by atoms with Crippen molar-refractivity contribution < 1.29 is 41.1 Å². The molecule has 190 valence electrons. The summed E-state index contributed by atoms with van der Waals surface area (Å²) in [7, 11) is 0. The van der Waals surface area contributed by atoms with Gasteiger partial charge in [0.2, 0.25) is 5.82 Å². The highest BCUT2D eigenvalue weighted by Crippen LogP contribution is 2.24. The van der Waals surface area contributed by atoms with Gasteiger partial charge in [-0.2, -0.15) is 0 Å². The van der Waals surface area contributed by atoms with Crippen LogP contribution in [0.4, 0.5) is 26.7 Å². The molecule has 0 aliphatic heterocycles. The van der Waals surface area contributed by atoms with Gasteiger partial charge < -0.3 is 15.8 Å². The van der Waals surface area contributed by atoms with E-state index in [0.29, 0.717) is 0 Å². The molecule has 1 atom stereocenters. The number of benzene rings is 2. The Hall–Kier alpha value is -3.74. The fraction of sp³-hybridized carbons (Fsp3) is 0.318. The van der Waals surface area contributed by atoms with Crippen LogP contribution in [0.1, 0.15) is 42.3 Å². The highest BCUT2D eigenvalue weighted by Gasteiger charge is 2.31. The molecule has 0 spiro atoms. The van der Waals surface area contributed by atoms with Gasteiger partial charge in [0, 0.05) is 24.1 Å². The summed E-state index contributed by atoms with van der Waals surface area (Å²) in [5.74, 6) is -13.2. The predicted molar refractivity (Wildman–Crippen MR) is 113 cm³/mol. The Morgan fingerprint density at radius 2 is 1.40 bits per heavy atom. The molecule has 0 heterocycles. The number of ether oxygens (including phenoxy) is 1. The number of hydrogen-bond acceptors (Lipinski definition) is 5. The molecule has 5 N–H and O–H groups in total. The van der Waals surface area contributed by atoms with Crippen molar-refractivity contribution in [1.29, 1.82) is 0 Å². The van der Waals surface area contributed by atoms with Crippen LogP contribution in [0.15, 0.2) is 24.3 Å². The number of alkyl carbamates (subject to hydrolysis) is 1. The van der Waals surface area contributed by atoms with Crippen molar-refractivity contribution in [2.24, 2.45) is 5.73 Å². The summed E-state index contributed by atoms with van der Waals surface area (Å²) in [6, 6.07) is 4.04. The van der Waals surface area contributed by atoms with Crippen molar-refractivity contribution in [3.63, 3.8) is 0 Å². The Kier molecular flexibility index (Phi) is 8.74. The molecule has 8 nitrogen and oxygen atoms in total. The standard InChI is InChI=1S/C22H23F5N4O4/c1-22(2,3)35-21(34)29-13(8-12-14(23)16(25)18(27)17(26)15(12)24)20(33)31-30-19(32)11-6-4-10(9-28)5-7-11/h4-7,13H,8-9,28H2,1-3H3,(H,29,34)(H,30,32)(H,31,33)/t13-/m1/s1. The largest absolute Gasteiger partial charge is 0.444 e. The minimum atomic E-state index is -2.38. The number of halogens is 5. The van der Waals surface area contributed by atoms with E-state index < -0.39 is 70.6 Å². The van der Waals surface area contributed by atoms with Crippen LogP contribution in [-0.2, 0) is 22.5 Å². The molecule has 0 saturated heterocycles. The Labute approximate surface area is 197 Å². The van der Waals surface area contributed by atoms with Crippen LogP contribution in [0.25, 0.3) is 0 Å². The smallest absolute Gasteiger partial charge is 0.408 e. The summed E-state index contributed by atoms with van der Waals surface area (Å²) in [6.45, 7) is 4.69. The van der Waals surface area contributed by atoms with Gasteiger partial charge in [-0.1, -0.05) is 12.1 Å². The minimum absolute atomic E-state index is 0.110. The molecule has 0 saturated carbocycles. The third-order valence-corrected chi connectivity index (χ3v) is 4.47. The van der Waals surface area contributed by atoms with E-state index in [1.165, 1.54) is 32.9 Å². The van der Waals surface area contributed by atoms with Gasteiger partial charge in [-0.3, -0.25) is 20.4 Å². The monoisotopic (exact) mass is 502 g/mol. The lowest BCUT2D eigenvalue weighted by Gasteiger charge is -2.23. The van der Waals surface area contributed by atoms with Crippen LogP contribution in [0, 0.1) is 29.1 Å². The quantitative estimate of drug-likeness (QED) is 0.209. The van der Waals surface area contributed by atoms with Crippen LogP contribution in [-0.4, -0.2) is 29.6 Å². The van der Waals surface area contributed by atoms with Crippen LogP contribution in [0.5, 0.6) is 0 Å². The zero-order valence-electron chi connectivity index (χ0n) is 18.9. The van der Waals surface area contributed by atoms with Crippen LogP contribution >= 0.6 is 0 Å². The molecule has 0 unspecified atom stereocenters. The molecule has 2 aromatic carbocycles. The van der Waals surface area contributed by atoms with Crippen molar-refractivity contribution >= 4 is 17.9 Å². The maximum atomic E-state index is 14.2. The Morgan fingerprint density at radius 3 is 1.89 bits per heavy atom. The van der Waals surface area contributed by atoms with E-state index in [1.54, 1.807) is 12.1 Å². The Bertz CT molecular complexity index is 1090. The lowest BCUT2D eigenvalue weighted by molar-refractivity contribution is -0.124. The minimum Gasteiger partial charge on any atom is -0.444 e. The second-order valence-electron chi connectivity index (χ2n) is 8.30. The topological polar surface area (TPSA) is 123 Å². The Morgan fingerprint density at radius 1 is 0.886 bits per heavy atom. The average molecular weight is 502 g/mol. The number of nitrogens with two attached hydrogens (primary N) is 1. The van der Waals surface area contributed by atoms with Crippen molar-refractivity contribution in [2.75, 3.05) is 0 Å². The maximum Gasteiger partial charge on any atom is 0.408 e. The molecule has 2 rings (SSSR count). The fourth-order valence-corrected chi connectivity index (χ4v) is 2.76. The Balaban J connectivity index is 2.26. The molecule has 2 aromatic rings. The highest BCUT2D eigenvalue weighted by atomic mass is 19.2. The molecule has 0 fully saturated rings. The maximum absolute atomic E-state index is 14.2. The lowest BCUT2D eigenvalue weighted by Crippen LogP contribution is -2.54. The predicted octanol–water partition coefficient (Wildman–Crippen LogP) is 2.74. The van der Waals surface area contributed by atoms with Gasteiger partial charge in [0.25, 0.3) is 11.8 Å². The van der Waals surface area contributed by atoms with E-state index in [2.05, 4.69) is 0 Å². The van der Waals surface area contributed by atoms with E-state index in [-0.39, 0.29) is 12.1 Å². The average Bonchev–Trinajstić information content (AvgIpc) is 2.80. The van der Waals surface area contributed by atoms with E-state index in [9.17, 15) is 36.3 Å². The SMILES string of the molecule is CC(C)(C)OC(=O)N[C@H](Cc1c(F)c(F)c(F)c(F)c1F)C(=O)NNC(=O)c1ccc(CN)cc1. The molecule has 0 aliphatic rings. The van der Waals surface area contributed by atoms with Crippen LogP contribution < -0.4 is 21.9 Å². The van der Waals surface area contributed by atoms with Gasteiger partial charge >= 0.3 is 6.09 Å². The number of amides is 3. The van der Waals surface area contributed by atoms with Gasteiger partial charge in [0.05, 0.1) is 0 Å². The molecule has 0 bridgehead atoms. The molecular formula is C22H23F5N4O4. The van der Waals surface area contributed by atoms with E-state index in [4.69, 9.17) is 10.5 Å². The first-order chi connectivity index (χ1) is 16.2. The van der Waals surface area contributed by atoms with Crippen LogP contribution in [0.3, 0.4) is 0 Å². The summed E-state index contributed by atoms with van der Waals surface area (Å²) < 4.78 is 73.8. The van der Waals surface area contributed by atoms with E-state index in [0.717, 1.165) is 5.56 Å². The molecule has 0 aromatic heterocycles. The second-order valence-corrected chi connectivity index (χ2v) is 8.30. The van der Waals surface area contributed by atoms with Gasteiger partial charge in [-0.25, -0.2) is 26.7 Å². The molecule has 0 radical (unpaired) electrons. The lowest BCUT2D eigenvalue weighted by atomic mass is 10.0. The van der Waals surface area contributed by atoms with Crippen molar-refractivity contribution in [3.8, 4) is 0 Å². The van der Waals surface area contributed by atoms with Gasteiger partial charge in [-0.15, -0.1) is 0 Å². The molecule has 13 heteroatoms. The zero-order valence-corrected chi connectivity index (χ0v) is 18.9. The first kappa shape index (κ1) is 27.5. The number of hydrogen-bond donors (Lipinski definition) is 4. The van der Waals surface area contributed by atoms with Crippen molar-refractivity contribution in [2.45, 2.75) is 45.4 Å². The van der Waals surface area contributed by atoms with Crippen molar-refractivity contribution in [3.05, 3.63) is 70.0 Å². The van der Waals surface area contributed by atoms with E-state index >= 15 is 0 Å². The summed E-state index contributed by atoms with van der Waals surface area (Å²) in [5.41, 5.74) is 7.89. The number of hydrazine groups is 1. The molecular weight excluding hydrogens is 479 g/mol. The second kappa shape index (κ2) is 11.1. The zero-order chi connectivity index (χ0) is 26.5. The first-order valence-corrected chi connectivity index (χ1v) is 10.1. The summed E-state index contributed by atoms with van der Waals surface area (Å²) in [6.07, 6.45) is -2.37. The van der Waals surface area contributed by atoms with E-state index in [1.807, 2.05) is 16.2 Å². The molecule has 35 heavy (non-hydrogen) atoms. The number of carbonyl (C=O) groups is 3. The third-order valence-electron chi connectivity index (χ3n) is 4.47. The number of rotatable bonds is 6. The van der Waals surface area contributed by atoms with Gasteiger partial charge in [-0.05, 0) is 38.5 Å². The van der Waals surface area contributed by atoms with Crippen molar-refractivity contribution in [1.82, 2.24) is 16.2 Å². The fourth-order valence-electron chi connectivity index (χ4n) is 2.76. The van der Waals surface area contributed by atoms with Gasteiger partial charge in [0.1, 0.15) is 11.6 Å². The summed E-state index contributed by atoms with van der Waals surface area (Å²) in [5, 5.41) is 2.00. The normalized spacial score (nSPS) is 12.0. The van der Waals surface area contributed by atoms with Crippen LogP contribution in [0.2, 0.25) is 0 Å². The highest BCUT2D eigenvalue weighted by molar-refractivity contribution is 5.96. The molecule has 3 amide bonds. The summed E-state index contributed by atoms with van der Waals surface area (Å²) in [4.78, 5) is 37.0.